The van der Waals surface area contributed by atoms with E-state index in [1.54, 1.807) is 12.3 Å². The van der Waals surface area contributed by atoms with Crippen molar-refractivity contribution in [1.82, 2.24) is 9.78 Å². The Bertz CT molecular complexity index is 534. The van der Waals surface area contributed by atoms with Gasteiger partial charge in [-0.3, -0.25) is 4.68 Å². The molecule has 1 heterocycles. The molecule has 96 valence electrons. The van der Waals surface area contributed by atoms with Gasteiger partial charge in [-0.15, -0.1) is 0 Å². The summed E-state index contributed by atoms with van der Waals surface area (Å²) in [6.07, 6.45) is 2.68. The normalized spacial score (nSPS) is 12.7. The quantitative estimate of drug-likeness (QED) is 0.902. The summed E-state index contributed by atoms with van der Waals surface area (Å²) in [7, 11) is 0. The van der Waals surface area contributed by atoms with Crippen LogP contribution in [0.15, 0.2) is 30.5 Å². The smallest absolute Gasteiger partial charge is 0.128 e. The van der Waals surface area contributed by atoms with E-state index in [4.69, 9.17) is 5.73 Å². The molecule has 1 atom stereocenters. The van der Waals surface area contributed by atoms with Gasteiger partial charge in [-0.25, -0.2) is 4.39 Å². The van der Waals surface area contributed by atoms with Gasteiger partial charge in [-0.2, -0.15) is 5.10 Å². The van der Waals surface area contributed by atoms with Crippen LogP contribution in [0.1, 0.15) is 36.2 Å². The zero-order chi connectivity index (χ0) is 13.1. The maximum Gasteiger partial charge on any atom is 0.128 e. The molecule has 0 radical (unpaired) electrons. The highest BCUT2D eigenvalue weighted by Gasteiger charge is 2.17. The van der Waals surface area contributed by atoms with Crippen molar-refractivity contribution in [3.63, 3.8) is 0 Å². The van der Waals surface area contributed by atoms with Gasteiger partial charge < -0.3 is 5.73 Å². The summed E-state index contributed by atoms with van der Waals surface area (Å²) in [5.74, 6) is -0.258. The number of benzene rings is 1. The molecule has 0 aliphatic heterocycles. The average Bonchev–Trinajstić information content (AvgIpc) is 2.77. The number of nitrogens with two attached hydrogens (primary N) is 1. The van der Waals surface area contributed by atoms with Crippen LogP contribution in [0.3, 0.4) is 0 Å². The first-order chi connectivity index (χ1) is 8.63. The van der Waals surface area contributed by atoms with Crippen LogP contribution < -0.4 is 5.73 Å². The number of halogens is 1. The molecule has 1 aromatic carbocycles. The Morgan fingerprint density at radius 2 is 2.17 bits per heavy atom. The van der Waals surface area contributed by atoms with Crippen molar-refractivity contribution in [3.8, 4) is 0 Å². The lowest BCUT2D eigenvalue weighted by Crippen LogP contribution is -2.18. The fourth-order valence-corrected chi connectivity index (χ4v) is 2.05. The van der Waals surface area contributed by atoms with E-state index in [0.29, 0.717) is 5.56 Å². The first kappa shape index (κ1) is 12.8. The number of hydrogen-bond acceptors (Lipinski definition) is 2. The summed E-state index contributed by atoms with van der Waals surface area (Å²) in [5.41, 5.74) is 8.40. The first-order valence-corrected chi connectivity index (χ1v) is 6.16. The van der Waals surface area contributed by atoms with Crippen LogP contribution in [0.25, 0.3) is 0 Å². The second kappa shape index (κ2) is 5.31. The zero-order valence-corrected chi connectivity index (χ0v) is 10.7. The molecular weight excluding hydrogens is 229 g/mol. The number of aryl methyl sites for hydroxylation is 2. The highest BCUT2D eigenvalue weighted by atomic mass is 19.1. The number of nitrogens with zero attached hydrogens (tertiary/aromatic N) is 2. The molecule has 2 aromatic rings. The molecule has 0 fully saturated rings. The van der Waals surface area contributed by atoms with E-state index >= 15 is 0 Å². The molecule has 2 rings (SSSR count). The maximum atomic E-state index is 13.9. The van der Waals surface area contributed by atoms with Crippen LogP contribution in [0.4, 0.5) is 4.39 Å². The standard InChI is InChI=1S/C14H18FN3/c1-3-8-18-13(6-7-17-18)14(16)11-5-4-10(2)9-12(11)15/h4-7,9,14H,3,8,16H2,1-2H3. The molecule has 3 nitrogen and oxygen atoms in total. The van der Waals surface area contributed by atoms with E-state index in [0.717, 1.165) is 24.2 Å². The Morgan fingerprint density at radius 3 is 2.83 bits per heavy atom. The molecule has 0 bridgehead atoms. The molecule has 0 aliphatic carbocycles. The Balaban J connectivity index is 2.35. The van der Waals surface area contributed by atoms with Gasteiger partial charge >= 0.3 is 0 Å². The second-order valence-electron chi connectivity index (χ2n) is 4.48. The predicted octanol–water partition coefficient (Wildman–Crippen LogP) is 2.79. The SMILES string of the molecule is CCCn1nccc1C(N)c1ccc(C)cc1F. The minimum atomic E-state index is -0.473. The number of rotatable bonds is 4. The lowest BCUT2D eigenvalue weighted by Gasteiger charge is -2.15. The summed E-state index contributed by atoms with van der Waals surface area (Å²) >= 11 is 0. The van der Waals surface area contributed by atoms with Crippen LogP contribution in [-0.4, -0.2) is 9.78 Å². The van der Waals surface area contributed by atoms with Gasteiger partial charge in [-0.05, 0) is 31.0 Å². The van der Waals surface area contributed by atoms with Gasteiger partial charge in [0.25, 0.3) is 0 Å². The van der Waals surface area contributed by atoms with E-state index in [-0.39, 0.29) is 5.82 Å². The van der Waals surface area contributed by atoms with Crippen molar-refractivity contribution in [2.75, 3.05) is 0 Å². The molecule has 0 saturated carbocycles. The van der Waals surface area contributed by atoms with E-state index in [9.17, 15) is 4.39 Å². The summed E-state index contributed by atoms with van der Waals surface area (Å²) in [6.45, 7) is 4.73. The van der Waals surface area contributed by atoms with Crippen molar-refractivity contribution in [2.45, 2.75) is 32.9 Å². The topological polar surface area (TPSA) is 43.8 Å². The molecule has 4 heteroatoms. The Hall–Kier alpha value is -1.68. The largest absolute Gasteiger partial charge is 0.319 e. The minimum Gasteiger partial charge on any atom is -0.319 e. The van der Waals surface area contributed by atoms with Crippen molar-refractivity contribution in [2.24, 2.45) is 5.73 Å². The minimum absolute atomic E-state index is 0.258. The lowest BCUT2D eigenvalue weighted by molar-refractivity contribution is 0.544. The Morgan fingerprint density at radius 1 is 1.39 bits per heavy atom. The third-order valence-corrected chi connectivity index (χ3v) is 2.99. The average molecular weight is 247 g/mol. The van der Waals surface area contributed by atoms with Crippen LogP contribution >= 0.6 is 0 Å². The van der Waals surface area contributed by atoms with Gasteiger partial charge in [0.05, 0.1) is 11.7 Å². The summed E-state index contributed by atoms with van der Waals surface area (Å²) < 4.78 is 15.7. The number of hydrogen-bond donors (Lipinski definition) is 1. The molecule has 2 N–H and O–H groups in total. The first-order valence-electron chi connectivity index (χ1n) is 6.16. The molecule has 0 saturated heterocycles. The van der Waals surface area contributed by atoms with Crippen molar-refractivity contribution in [1.29, 1.82) is 0 Å². The van der Waals surface area contributed by atoms with Crippen LogP contribution in [0.5, 0.6) is 0 Å². The Labute approximate surface area is 106 Å². The predicted molar refractivity (Wildman–Crippen MR) is 69.7 cm³/mol. The van der Waals surface area contributed by atoms with Crippen LogP contribution in [0, 0.1) is 12.7 Å². The van der Waals surface area contributed by atoms with Gasteiger partial charge in [0.2, 0.25) is 0 Å². The third kappa shape index (κ3) is 2.43. The fraction of sp³-hybridized carbons (Fsp3) is 0.357. The molecule has 0 amide bonds. The summed E-state index contributed by atoms with van der Waals surface area (Å²) in [6, 6.07) is 6.51. The van der Waals surface area contributed by atoms with E-state index in [2.05, 4.69) is 12.0 Å². The molecule has 0 spiro atoms. The molecule has 0 aliphatic rings. The third-order valence-electron chi connectivity index (χ3n) is 2.99. The maximum absolute atomic E-state index is 13.9. The van der Waals surface area contributed by atoms with Crippen LogP contribution in [-0.2, 0) is 6.54 Å². The van der Waals surface area contributed by atoms with Crippen LogP contribution in [0.2, 0.25) is 0 Å². The molecule has 1 aromatic heterocycles. The van der Waals surface area contributed by atoms with Gasteiger partial charge in [0.15, 0.2) is 0 Å². The zero-order valence-electron chi connectivity index (χ0n) is 10.7. The monoisotopic (exact) mass is 247 g/mol. The second-order valence-corrected chi connectivity index (χ2v) is 4.48. The molecule has 1 unspecified atom stereocenters. The van der Waals surface area contributed by atoms with Crippen molar-refractivity contribution >= 4 is 0 Å². The van der Waals surface area contributed by atoms with E-state index in [1.807, 2.05) is 23.7 Å². The van der Waals surface area contributed by atoms with Gasteiger partial charge in [0.1, 0.15) is 5.82 Å². The van der Waals surface area contributed by atoms with E-state index < -0.39 is 6.04 Å². The lowest BCUT2D eigenvalue weighted by atomic mass is 10.0. The highest BCUT2D eigenvalue weighted by molar-refractivity contribution is 5.31. The van der Waals surface area contributed by atoms with Gasteiger partial charge in [0, 0.05) is 18.3 Å². The fourth-order valence-electron chi connectivity index (χ4n) is 2.05. The molecule has 18 heavy (non-hydrogen) atoms. The summed E-state index contributed by atoms with van der Waals surface area (Å²) in [5, 5.41) is 4.21. The van der Waals surface area contributed by atoms with Crippen molar-refractivity contribution < 1.29 is 4.39 Å². The number of aromatic nitrogens is 2. The summed E-state index contributed by atoms with van der Waals surface area (Å²) in [4.78, 5) is 0. The highest BCUT2D eigenvalue weighted by Crippen LogP contribution is 2.22. The Kier molecular flexibility index (Phi) is 3.77. The van der Waals surface area contributed by atoms with Gasteiger partial charge in [-0.1, -0.05) is 19.1 Å². The molecular formula is C14H18FN3. The van der Waals surface area contributed by atoms with Crippen molar-refractivity contribution in [3.05, 3.63) is 53.1 Å². The van der Waals surface area contributed by atoms with E-state index in [1.165, 1.54) is 6.07 Å².